The second-order valence-electron chi connectivity index (χ2n) is 14.8. The molecule has 54 heavy (non-hydrogen) atoms. The Morgan fingerprint density at radius 2 is 1.06 bits per heavy atom. The minimum atomic E-state index is -0.853. The molecule has 3 aliphatic heterocycles. The van der Waals surface area contributed by atoms with Crippen LogP contribution in [0.5, 0.6) is 0 Å². The third kappa shape index (κ3) is 10.6. The Morgan fingerprint density at radius 3 is 1.44 bits per heavy atom. The van der Waals surface area contributed by atoms with E-state index >= 15 is 0 Å². The van der Waals surface area contributed by atoms with Crippen molar-refractivity contribution in [3.8, 4) is 0 Å². The van der Waals surface area contributed by atoms with Gasteiger partial charge in [-0.1, -0.05) is 113 Å². The van der Waals surface area contributed by atoms with E-state index in [2.05, 4.69) is 20.6 Å². The van der Waals surface area contributed by atoms with Gasteiger partial charge < -0.3 is 39.2 Å². The smallest absolute Gasteiger partial charge is 0.360 e. The minimum absolute atomic E-state index is 0.0335. The minimum Gasteiger partial charge on any atom is -0.457 e. The molecule has 0 aromatic carbocycles. The predicted octanol–water partition coefficient (Wildman–Crippen LogP) is 6.07. The average Bonchev–Trinajstić information content (AvgIpc) is 3.93. The number of ether oxygens (including phenoxy) is 2. The summed E-state index contributed by atoms with van der Waals surface area (Å²) in [5.74, 6) is -0.793. The van der Waals surface area contributed by atoms with Gasteiger partial charge in [-0.15, -0.1) is 0 Å². The molecular formula is C42H52N4O8. The third-order valence-electron chi connectivity index (χ3n) is 9.94. The predicted molar refractivity (Wildman–Crippen MR) is 206 cm³/mol. The fraction of sp³-hybridized carbons (Fsp3) is 0.429. The number of nitrogens with one attached hydrogen (secondary N) is 2. The topological polar surface area (TPSA) is 189 Å². The third-order valence-corrected chi connectivity index (χ3v) is 9.94. The summed E-state index contributed by atoms with van der Waals surface area (Å²) in [5.41, 5.74) is -1.55. The van der Waals surface area contributed by atoms with Crippen LogP contribution in [-0.4, -0.2) is 80.7 Å². The highest BCUT2D eigenvalue weighted by atomic mass is 16.6. The molecule has 2 aromatic heterocycles. The first-order valence-electron chi connectivity index (χ1n) is 18.3. The van der Waals surface area contributed by atoms with Crippen molar-refractivity contribution in [3.63, 3.8) is 0 Å². The number of rotatable bonds is 6. The maximum Gasteiger partial charge on any atom is 0.360 e. The largest absolute Gasteiger partial charge is 0.457 e. The molecule has 0 aliphatic carbocycles. The molecule has 2 saturated heterocycles. The number of aliphatic hydroxyl groups excluding tert-OH is 2. The van der Waals surface area contributed by atoms with Crippen LogP contribution in [0.4, 0.5) is 0 Å². The number of allylic oxidation sites excluding steroid dienone is 6. The van der Waals surface area contributed by atoms with E-state index < -0.39 is 47.2 Å². The highest BCUT2D eigenvalue weighted by Crippen LogP contribution is 2.34. The lowest BCUT2D eigenvalue weighted by molar-refractivity contribution is -0.0461. The van der Waals surface area contributed by atoms with Gasteiger partial charge in [-0.3, -0.25) is 0 Å². The summed E-state index contributed by atoms with van der Waals surface area (Å²) in [7, 11) is 0. The van der Waals surface area contributed by atoms with Crippen LogP contribution in [0, 0.1) is 10.8 Å². The lowest BCUT2D eigenvalue weighted by atomic mass is 9.79. The monoisotopic (exact) mass is 740 g/mol. The molecular weight excluding hydrogens is 688 g/mol. The molecule has 2 fully saturated rings. The lowest BCUT2D eigenvalue weighted by Crippen LogP contribution is -2.42. The van der Waals surface area contributed by atoms with Crippen molar-refractivity contribution >= 4 is 24.1 Å². The van der Waals surface area contributed by atoms with Crippen LogP contribution in [0.3, 0.4) is 0 Å². The summed E-state index contributed by atoms with van der Waals surface area (Å²) < 4.78 is 22.9. The Hall–Kier alpha value is -4.88. The molecule has 8 atom stereocenters. The van der Waals surface area contributed by atoms with Gasteiger partial charge in [0.05, 0.1) is 12.2 Å². The summed E-state index contributed by atoms with van der Waals surface area (Å²) in [5, 5.41) is 28.5. The first-order valence-corrected chi connectivity index (χ1v) is 18.3. The number of carbonyl (C=O) groups is 2. The number of hydrogen-bond donors (Lipinski definition) is 4. The van der Waals surface area contributed by atoms with E-state index in [1.807, 2.05) is 90.2 Å². The number of aromatic nitrogens is 2. The van der Waals surface area contributed by atoms with Crippen LogP contribution >= 0.6 is 0 Å². The number of aliphatic hydroxyl groups is 2. The molecule has 0 amide bonds. The van der Waals surface area contributed by atoms with Crippen molar-refractivity contribution in [2.45, 2.75) is 103 Å². The van der Waals surface area contributed by atoms with E-state index in [1.54, 1.807) is 48.6 Å². The van der Waals surface area contributed by atoms with Crippen molar-refractivity contribution in [1.82, 2.24) is 20.6 Å². The Kier molecular flexibility index (Phi) is 13.4. The van der Waals surface area contributed by atoms with Crippen molar-refractivity contribution in [2.75, 3.05) is 0 Å². The Morgan fingerprint density at radius 1 is 0.667 bits per heavy atom. The molecule has 12 heteroatoms. The number of cyclic esters (lactones) is 2. The Labute approximate surface area is 316 Å². The van der Waals surface area contributed by atoms with Crippen molar-refractivity contribution < 1.29 is 38.1 Å². The standard InChI is InChI=1S/C42H52N4O8/c1-7-15-33(47)41(3,4)35-21-13-19-29-27(43-29)17-9-12-24-38-46-32(26-52-38)40(50)54-36(42(5,6)34(48)16-8-2)22-14-20-30-28(44-30)18-10-11-23-37-45-31(25-51-37)39(49)53-35/h7-20,23-30,33-36,43-44,47-48H,21-22H2,1-6H3/b15-7+,16-8+,17-9+,18-10+,19-13-,20-14-,23-11-,24-12-/t27-,28-,29+,30+,33-,34-,35-,36-/m0/s1. The molecule has 0 spiro atoms. The SMILES string of the molecule is C/C=C/[C@H](O)C(C)(C)[C@@H]1C/C=C\[C@H]2N[C@H]2/C=C/C=C\c2nc(co2)C(=O)O[C@H](C(C)(C)[C@@H](O)/C=C/C)C/C=C\[C@H]2N[C@H]2/C=C/C=C\c2nc(co2)C(=O)O1. The van der Waals surface area contributed by atoms with E-state index in [0.29, 0.717) is 12.8 Å². The zero-order chi connectivity index (χ0) is 38.9. The first-order chi connectivity index (χ1) is 25.8. The van der Waals surface area contributed by atoms with Gasteiger partial charge >= 0.3 is 11.9 Å². The Balaban J connectivity index is 1.35. The van der Waals surface area contributed by atoms with E-state index in [0.717, 1.165) is 0 Å². The van der Waals surface area contributed by atoms with E-state index in [1.165, 1.54) is 12.5 Å². The zero-order valence-electron chi connectivity index (χ0n) is 31.7. The quantitative estimate of drug-likeness (QED) is 0.152. The highest BCUT2D eigenvalue weighted by molar-refractivity contribution is 5.87. The van der Waals surface area contributed by atoms with Gasteiger partial charge in [0.25, 0.3) is 0 Å². The summed E-state index contributed by atoms with van der Waals surface area (Å²) in [6, 6.07) is 0.345. The molecule has 0 unspecified atom stereocenters. The van der Waals surface area contributed by atoms with Crippen molar-refractivity contribution in [2.24, 2.45) is 10.8 Å². The molecule has 5 heterocycles. The molecule has 4 bridgehead atoms. The van der Waals surface area contributed by atoms with Crippen LogP contribution in [0.25, 0.3) is 12.2 Å². The average molecular weight is 741 g/mol. The maximum absolute atomic E-state index is 13.2. The Bertz CT molecular complexity index is 1710. The molecule has 5 rings (SSSR count). The molecule has 288 valence electrons. The van der Waals surface area contributed by atoms with Crippen molar-refractivity contribution in [1.29, 1.82) is 0 Å². The second-order valence-corrected chi connectivity index (χ2v) is 14.8. The number of nitrogens with zero attached hydrogens (tertiary/aromatic N) is 2. The van der Waals surface area contributed by atoms with Crippen LogP contribution in [0.15, 0.2) is 106 Å². The van der Waals surface area contributed by atoms with Crippen LogP contribution in [0.2, 0.25) is 0 Å². The van der Waals surface area contributed by atoms with E-state index in [4.69, 9.17) is 18.3 Å². The van der Waals surface area contributed by atoms with Gasteiger partial charge in [-0.2, -0.15) is 0 Å². The van der Waals surface area contributed by atoms with Gasteiger partial charge in [-0.05, 0) is 13.8 Å². The van der Waals surface area contributed by atoms with E-state index in [-0.39, 0.29) is 47.3 Å². The van der Waals surface area contributed by atoms with Gasteiger partial charge in [0.15, 0.2) is 11.4 Å². The van der Waals surface area contributed by atoms with E-state index in [9.17, 15) is 19.8 Å². The molecule has 2 aromatic rings. The normalized spacial score (nSPS) is 30.5. The molecule has 3 aliphatic rings. The fourth-order valence-corrected chi connectivity index (χ4v) is 5.92. The molecule has 0 radical (unpaired) electrons. The number of hydrogen-bond acceptors (Lipinski definition) is 12. The lowest BCUT2D eigenvalue weighted by Gasteiger charge is -2.36. The molecule has 4 N–H and O–H groups in total. The number of oxazole rings is 2. The zero-order valence-corrected chi connectivity index (χ0v) is 31.7. The summed E-state index contributed by atoms with van der Waals surface area (Å²) in [4.78, 5) is 35.1. The number of carbonyl (C=O) groups excluding carboxylic acids is 2. The summed E-state index contributed by atoms with van der Waals surface area (Å²) >= 11 is 0. The maximum atomic E-state index is 13.2. The molecule has 12 nitrogen and oxygen atoms in total. The van der Waals surface area contributed by atoms with Gasteiger partial charge in [0.2, 0.25) is 11.8 Å². The van der Waals surface area contributed by atoms with Gasteiger partial charge in [0, 0.05) is 60.0 Å². The van der Waals surface area contributed by atoms with Crippen LogP contribution in [0.1, 0.15) is 87.1 Å². The van der Waals surface area contributed by atoms with Gasteiger partial charge in [0.1, 0.15) is 24.7 Å². The first kappa shape index (κ1) is 40.3. The number of fused-ring (bicyclic) bond motifs is 6. The highest BCUT2D eigenvalue weighted by Gasteiger charge is 2.40. The second kappa shape index (κ2) is 18.0. The molecule has 0 saturated carbocycles. The summed E-state index contributed by atoms with van der Waals surface area (Å²) in [6.07, 6.45) is 29.6. The van der Waals surface area contributed by atoms with Crippen LogP contribution < -0.4 is 10.6 Å². The van der Waals surface area contributed by atoms with Gasteiger partial charge in [-0.25, -0.2) is 19.6 Å². The van der Waals surface area contributed by atoms with Crippen molar-refractivity contribution in [3.05, 3.63) is 121 Å². The fourth-order valence-electron chi connectivity index (χ4n) is 5.92. The van der Waals surface area contributed by atoms with Crippen LogP contribution in [-0.2, 0) is 9.47 Å². The number of esters is 2. The summed E-state index contributed by atoms with van der Waals surface area (Å²) in [6.45, 7) is 11.1.